The van der Waals surface area contributed by atoms with Gasteiger partial charge in [0, 0.05) is 24.3 Å². The molecule has 1 aliphatic rings. The molecule has 1 fully saturated rings. The average Bonchev–Trinajstić information content (AvgIpc) is 2.41. The zero-order valence-corrected chi connectivity index (χ0v) is 13.2. The van der Waals surface area contributed by atoms with Gasteiger partial charge in [-0.05, 0) is 53.6 Å². The van der Waals surface area contributed by atoms with Crippen LogP contribution in [0.5, 0.6) is 5.75 Å². The largest absolute Gasteiger partial charge is 0.483 e. The van der Waals surface area contributed by atoms with Crippen molar-refractivity contribution in [3.63, 3.8) is 0 Å². The number of halogens is 2. The van der Waals surface area contributed by atoms with Gasteiger partial charge in [0.15, 0.2) is 6.61 Å². The molecule has 104 valence electrons. The topological polar surface area (TPSA) is 47.6 Å². The summed E-state index contributed by atoms with van der Waals surface area (Å²) in [4.78, 5) is 11.8. The van der Waals surface area contributed by atoms with Crippen LogP contribution >= 0.6 is 34.2 Å². The normalized spacial score (nSPS) is 16.1. The van der Waals surface area contributed by atoms with Crippen LogP contribution in [0.2, 0.25) is 5.02 Å². The minimum Gasteiger partial charge on any atom is -0.483 e. The summed E-state index contributed by atoms with van der Waals surface area (Å²) in [6.07, 6.45) is 1.72. The SMILES string of the molecule is O=C(COc1cc(Cl)ccc1I)NC1CCOCC1. The molecule has 4 nitrogen and oxygen atoms in total. The Labute approximate surface area is 130 Å². The fourth-order valence-electron chi connectivity index (χ4n) is 1.84. The molecule has 0 bridgehead atoms. The Morgan fingerprint density at radius 3 is 2.95 bits per heavy atom. The van der Waals surface area contributed by atoms with Crippen LogP contribution in [0.3, 0.4) is 0 Å². The molecular formula is C13H15ClINO3. The molecule has 0 aliphatic carbocycles. The number of nitrogens with one attached hydrogen (secondary N) is 1. The van der Waals surface area contributed by atoms with Gasteiger partial charge in [0.1, 0.15) is 5.75 Å². The first-order chi connectivity index (χ1) is 9.15. The summed E-state index contributed by atoms with van der Waals surface area (Å²) in [5.74, 6) is 0.526. The van der Waals surface area contributed by atoms with Crippen LogP contribution in [-0.4, -0.2) is 31.8 Å². The molecule has 0 radical (unpaired) electrons. The minimum atomic E-state index is -0.109. The number of carbonyl (C=O) groups is 1. The fraction of sp³-hybridized carbons (Fsp3) is 0.462. The standard InChI is InChI=1S/C13H15ClINO3/c14-9-1-2-11(15)12(7-9)19-8-13(17)16-10-3-5-18-6-4-10/h1-2,7,10H,3-6,8H2,(H,16,17). The highest BCUT2D eigenvalue weighted by atomic mass is 127. The Morgan fingerprint density at radius 1 is 1.47 bits per heavy atom. The van der Waals surface area contributed by atoms with Gasteiger partial charge in [0.2, 0.25) is 0 Å². The van der Waals surface area contributed by atoms with Crippen molar-refractivity contribution in [1.29, 1.82) is 0 Å². The van der Waals surface area contributed by atoms with Crippen molar-refractivity contribution in [2.45, 2.75) is 18.9 Å². The summed E-state index contributed by atoms with van der Waals surface area (Å²) in [7, 11) is 0. The maximum Gasteiger partial charge on any atom is 0.258 e. The second kappa shape index (κ2) is 7.31. The van der Waals surface area contributed by atoms with Gasteiger partial charge in [-0.25, -0.2) is 0 Å². The van der Waals surface area contributed by atoms with Crippen molar-refractivity contribution in [3.05, 3.63) is 26.8 Å². The van der Waals surface area contributed by atoms with E-state index in [1.165, 1.54) is 0 Å². The summed E-state index contributed by atoms with van der Waals surface area (Å²) in [6.45, 7) is 1.42. The molecule has 2 rings (SSSR count). The molecule has 1 aromatic carbocycles. The number of hydrogen-bond donors (Lipinski definition) is 1. The molecule has 19 heavy (non-hydrogen) atoms. The van der Waals surface area contributed by atoms with Crippen LogP contribution in [0, 0.1) is 3.57 Å². The highest BCUT2D eigenvalue weighted by molar-refractivity contribution is 14.1. The summed E-state index contributed by atoms with van der Waals surface area (Å²) in [6, 6.07) is 5.56. The van der Waals surface area contributed by atoms with Crippen molar-refractivity contribution in [1.82, 2.24) is 5.32 Å². The van der Waals surface area contributed by atoms with E-state index in [1.807, 2.05) is 6.07 Å². The maximum atomic E-state index is 11.8. The minimum absolute atomic E-state index is 0.00764. The van der Waals surface area contributed by atoms with Gasteiger partial charge in [0.05, 0.1) is 3.57 Å². The van der Waals surface area contributed by atoms with Crippen molar-refractivity contribution in [2.75, 3.05) is 19.8 Å². The van der Waals surface area contributed by atoms with Gasteiger partial charge in [-0.3, -0.25) is 4.79 Å². The molecule has 0 spiro atoms. The lowest BCUT2D eigenvalue weighted by molar-refractivity contribution is -0.124. The Morgan fingerprint density at radius 2 is 2.21 bits per heavy atom. The fourth-order valence-corrected chi connectivity index (χ4v) is 2.50. The lowest BCUT2D eigenvalue weighted by Gasteiger charge is -2.23. The quantitative estimate of drug-likeness (QED) is 0.797. The van der Waals surface area contributed by atoms with Crippen LogP contribution < -0.4 is 10.1 Å². The third-order valence-corrected chi connectivity index (χ3v) is 3.96. The molecule has 6 heteroatoms. The lowest BCUT2D eigenvalue weighted by atomic mass is 10.1. The van der Waals surface area contributed by atoms with Crippen LogP contribution in [0.4, 0.5) is 0 Å². The summed E-state index contributed by atoms with van der Waals surface area (Å²) < 4.78 is 11.7. The van der Waals surface area contributed by atoms with E-state index in [-0.39, 0.29) is 18.6 Å². The van der Waals surface area contributed by atoms with Crippen LogP contribution in [0.1, 0.15) is 12.8 Å². The number of rotatable bonds is 4. The van der Waals surface area contributed by atoms with Gasteiger partial charge in [-0.1, -0.05) is 11.6 Å². The number of hydrogen-bond acceptors (Lipinski definition) is 3. The molecular weight excluding hydrogens is 381 g/mol. The van der Waals surface area contributed by atoms with E-state index < -0.39 is 0 Å². The number of amides is 1. The monoisotopic (exact) mass is 395 g/mol. The highest BCUT2D eigenvalue weighted by Gasteiger charge is 2.16. The van der Waals surface area contributed by atoms with E-state index in [9.17, 15) is 4.79 Å². The zero-order chi connectivity index (χ0) is 13.7. The number of carbonyl (C=O) groups excluding carboxylic acids is 1. The van der Waals surface area contributed by atoms with E-state index in [0.29, 0.717) is 24.0 Å². The summed E-state index contributed by atoms with van der Waals surface area (Å²) in [5, 5.41) is 3.54. The third kappa shape index (κ3) is 4.81. The Balaban J connectivity index is 1.81. The molecule has 0 unspecified atom stereocenters. The predicted octanol–water partition coefficient (Wildman–Crippen LogP) is 2.62. The van der Waals surface area contributed by atoms with Crippen LogP contribution in [0.25, 0.3) is 0 Å². The van der Waals surface area contributed by atoms with Crippen LogP contribution in [0.15, 0.2) is 18.2 Å². The van der Waals surface area contributed by atoms with Gasteiger partial charge in [0.25, 0.3) is 5.91 Å². The Kier molecular flexibility index (Phi) is 5.72. The zero-order valence-electron chi connectivity index (χ0n) is 10.3. The summed E-state index contributed by atoms with van der Waals surface area (Å²) >= 11 is 8.04. The van der Waals surface area contributed by atoms with E-state index in [0.717, 1.165) is 16.4 Å². The summed E-state index contributed by atoms with van der Waals surface area (Å²) in [5.41, 5.74) is 0. The van der Waals surface area contributed by atoms with Gasteiger partial charge < -0.3 is 14.8 Å². The molecule has 1 aliphatic heterocycles. The smallest absolute Gasteiger partial charge is 0.258 e. The molecule has 1 aromatic rings. The molecule has 1 heterocycles. The molecule has 1 N–H and O–H groups in total. The van der Waals surface area contributed by atoms with Gasteiger partial charge >= 0.3 is 0 Å². The molecule has 1 saturated heterocycles. The van der Waals surface area contributed by atoms with Crippen molar-refractivity contribution in [2.24, 2.45) is 0 Å². The molecule has 0 atom stereocenters. The average molecular weight is 396 g/mol. The molecule has 0 saturated carbocycles. The third-order valence-electron chi connectivity index (χ3n) is 2.84. The predicted molar refractivity (Wildman–Crippen MR) is 81.6 cm³/mol. The second-order valence-electron chi connectivity index (χ2n) is 4.32. The van der Waals surface area contributed by atoms with E-state index in [4.69, 9.17) is 21.1 Å². The molecule has 1 amide bonds. The lowest BCUT2D eigenvalue weighted by Crippen LogP contribution is -2.41. The van der Waals surface area contributed by atoms with Crippen molar-refractivity contribution < 1.29 is 14.3 Å². The number of benzene rings is 1. The van der Waals surface area contributed by atoms with Crippen molar-refractivity contribution >= 4 is 40.1 Å². The maximum absolute atomic E-state index is 11.8. The van der Waals surface area contributed by atoms with Gasteiger partial charge in [-0.15, -0.1) is 0 Å². The van der Waals surface area contributed by atoms with Gasteiger partial charge in [-0.2, -0.15) is 0 Å². The first-order valence-corrected chi connectivity index (χ1v) is 7.56. The first-order valence-electron chi connectivity index (χ1n) is 6.10. The van der Waals surface area contributed by atoms with E-state index in [1.54, 1.807) is 12.1 Å². The Hall–Kier alpha value is -0.530. The molecule has 0 aromatic heterocycles. The number of ether oxygens (including phenoxy) is 2. The Bertz CT molecular complexity index is 450. The van der Waals surface area contributed by atoms with E-state index >= 15 is 0 Å². The van der Waals surface area contributed by atoms with E-state index in [2.05, 4.69) is 27.9 Å². The van der Waals surface area contributed by atoms with Crippen LogP contribution in [-0.2, 0) is 9.53 Å². The van der Waals surface area contributed by atoms with Crippen molar-refractivity contribution in [3.8, 4) is 5.75 Å². The second-order valence-corrected chi connectivity index (χ2v) is 5.92. The highest BCUT2D eigenvalue weighted by Crippen LogP contribution is 2.24. The first kappa shape index (κ1) is 14.9.